The van der Waals surface area contributed by atoms with Crippen molar-refractivity contribution in [2.75, 3.05) is 12.3 Å². The molecule has 3 rings (SSSR count). The van der Waals surface area contributed by atoms with Crippen molar-refractivity contribution in [3.8, 4) is 0 Å². The summed E-state index contributed by atoms with van der Waals surface area (Å²) in [5.41, 5.74) is 12.1. The van der Waals surface area contributed by atoms with Gasteiger partial charge in [0.2, 0.25) is 11.8 Å². The number of nitrogen functional groups attached to an aromatic ring is 1. The van der Waals surface area contributed by atoms with Crippen LogP contribution in [0.2, 0.25) is 0 Å². The quantitative estimate of drug-likeness (QED) is 0.272. The molecule has 216 valence electrons. The Bertz CT molecular complexity index is 867. The molecule has 2 aliphatic rings. The van der Waals surface area contributed by atoms with Crippen LogP contribution in [0.3, 0.4) is 0 Å². The number of aliphatic hydroxyl groups is 2. The van der Waals surface area contributed by atoms with E-state index >= 15 is 0 Å². The van der Waals surface area contributed by atoms with Gasteiger partial charge in [-0.15, -0.1) is 11.3 Å². The summed E-state index contributed by atoms with van der Waals surface area (Å²) >= 11 is 1.31. The van der Waals surface area contributed by atoms with Gasteiger partial charge >= 0.3 is 0 Å². The van der Waals surface area contributed by atoms with Crippen LogP contribution in [0.1, 0.15) is 103 Å². The van der Waals surface area contributed by atoms with Gasteiger partial charge in [0.25, 0.3) is 0 Å². The molecule has 2 saturated carbocycles. The zero-order valence-electron chi connectivity index (χ0n) is 23.4. The number of carbonyl (C=O) groups is 2. The Kier molecular flexibility index (Phi) is 12.3. The second-order valence-corrected chi connectivity index (χ2v) is 13.1. The molecule has 6 N–H and O–H groups in total. The lowest BCUT2D eigenvalue weighted by Gasteiger charge is -2.42. The fourth-order valence-electron chi connectivity index (χ4n) is 6.52. The van der Waals surface area contributed by atoms with E-state index in [9.17, 15) is 19.8 Å². The maximum Gasteiger partial charge on any atom is 0.226 e. The predicted octanol–water partition coefficient (Wildman–Crippen LogP) is 4.28. The maximum absolute atomic E-state index is 14.4. The SMILES string of the molecule is CC(C)C[C@H](O)[C@H](O)[C@H](CC1CCCCC1)N(CC1CCCCC1)C(=O)[C@@H](CC(N)=O)Cc1csc(N)n1. The molecule has 8 nitrogen and oxygen atoms in total. The van der Waals surface area contributed by atoms with Gasteiger partial charge in [0.1, 0.15) is 6.10 Å². The minimum absolute atomic E-state index is 0.0851. The van der Waals surface area contributed by atoms with Crippen LogP contribution < -0.4 is 11.5 Å². The van der Waals surface area contributed by atoms with Gasteiger partial charge in [-0.05, 0) is 43.4 Å². The van der Waals surface area contributed by atoms with E-state index in [-0.39, 0.29) is 24.7 Å². The molecular formula is C29H50N4O4S. The van der Waals surface area contributed by atoms with E-state index in [1.54, 1.807) is 0 Å². The molecule has 2 fully saturated rings. The van der Waals surface area contributed by atoms with Crippen molar-refractivity contribution >= 4 is 28.3 Å². The van der Waals surface area contributed by atoms with Crippen LogP contribution in [0.25, 0.3) is 0 Å². The summed E-state index contributed by atoms with van der Waals surface area (Å²) in [6.07, 6.45) is 10.7. The number of carbonyl (C=O) groups excluding carboxylic acids is 2. The molecule has 1 heterocycles. The molecule has 9 heteroatoms. The highest BCUT2D eigenvalue weighted by Gasteiger charge is 2.39. The Morgan fingerprint density at radius 1 is 1.05 bits per heavy atom. The average molecular weight is 551 g/mol. The Labute approximate surface area is 232 Å². The third-order valence-electron chi connectivity index (χ3n) is 8.49. The number of nitrogens with zero attached hydrogens (tertiary/aromatic N) is 2. The van der Waals surface area contributed by atoms with Crippen LogP contribution in [-0.4, -0.2) is 56.7 Å². The van der Waals surface area contributed by atoms with E-state index in [0.29, 0.717) is 42.0 Å². The zero-order valence-corrected chi connectivity index (χ0v) is 24.2. The van der Waals surface area contributed by atoms with Crippen molar-refractivity contribution in [1.82, 2.24) is 9.88 Å². The standard InChI is InChI=1S/C29H50N4O4S/c1-19(2)13-25(34)27(36)24(14-20-9-5-3-6-10-20)33(17-21-11-7-4-8-12-21)28(37)22(16-26(30)35)15-23-18-38-29(31)32-23/h18-22,24-25,27,34,36H,3-17H2,1-2H3,(H2,30,35)(H2,31,32)/t22-,24+,25+,27-/m1/s1. The third kappa shape index (κ3) is 9.49. The maximum atomic E-state index is 14.4. The highest BCUT2D eigenvalue weighted by Crippen LogP contribution is 2.34. The molecule has 0 spiro atoms. The smallest absolute Gasteiger partial charge is 0.226 e. The largest absolute Gasteiger partial charge is 0.390 e. The number of rotatable bonds is 14. The van der Waals surface area contributed by atoms with Crippen molar-refractivity contribution in [2.24, 2.45) is 29.4 Å². The normalized spacial score (nSPS) is 20.7. The van der Waals surface area contributed by atoms with Gasteiger partial charge < -0.3 is 26.6 Å². The van der Waals surface area contributed by atoms with Crippen molar-refractivity contribution in [1.29, 1.82) is 0 Å². The molecule has 2 amide bonds. The van der Waals surface area contributed by atoms with Crippen LogP contribution in [0.4, 0.5) is 5.13 Å². The molecule has 0 unspecified atom stereocenters. The molecule has 4 atom stereocenters. The minimum atomic E-state index is -1.05. The minimum Gasteiger partial charge on any atom is -0.390 e. The molecule has 1 aromatic rings. The Morgan fingerprint density at radius 3 is 2.18 bits per heavy atom. The topological polar surface area (TPSA) is 143 Å². The van der Waals surface area contributed by atoms with Crippen LogP contribution in [0.5, 0.6) is 0 Å². The lowest BCUT2D eigenvalue weighted by atomic mass is 9.80. The molecule has 0 bridgehead atoms. The molecule has 0 radical (unpaired) electrons. The van der Waals surface area contributed by atoms with Crippen LogP contribution >= 0.6 is 11.3 Å². The fraction of sp³-hybridized carbons (Fsp3) is 0.828. The number of hydrogen-bond acceptors (Lipinski definition) is 7. The first kappa shape index (κ1) is 30.8. The molecule has 2 aliphatic carbocycles. The van der Waals surface area contributed by atoms with Gasteiger partial charge in [-0.2, -0.15) is 0 Å². The number of anilines is 1. The molecular weight excluding hydrogens is 500 g/mol. The van der Waals surface area contributed by atoms with Gasteiger partial charge in [-0.1, -0.05) is 65.2 Å². The lowest BCUT2D eigenvalue weighted by molar-refractivity contribution is -0.147. The Morgan fingerprint density at radius 2 is 1.66 bits per heavy atom. The van der Waals surface area contributed by atoms with E-state index in [0.717, 1.165) is 51.4 Å². The second-order valence-electron chi connectivity index (χ2n) is 12.2. The molecule has 1 aromatic heterocycles. The van der Waals surface area contributed by atoms with Crippen LogP contribution in [0.15, 0.2) is 5.38 Å². The Hall–Kier alpha value is -1.71. The first-order chi connectivity index (χ1) is 18.1. The predicted molar refractivity (Wildman–Crippen MR) is 152 cm³/mol. The number of nitrogens with two attached hydrogens (primary N) is 2. The number of thiazole rings is 1. The van der Waals surface area contributed by atoms with Crippen LogP contribution in [-0.2, 0) is 16.0 Å². The molecule has 0 saturated heterocycles. The first-order valence-electron chi connectivity index (χ1n) is 14.8. The summed E-state index contributed by atoms with van der Waals surface area (Å²) < 4.78 is 0. The summed E-state index contributed by atoms with van der Waals surface area (Å²) in [7, 11) is 0. The number of amides is 2. The summed E-state index contributed by atoms with van der Waals surface area (Å²) in [4.78, 5) is 32.6. The van der Waals surface area contributed by atoms with Crippen molar-refractivity contribution in [3.63, 3.8) is 0 Å². The van der Waals surface area contributed by atoms with E-state index in [1.807, 2.05) is 24.1 Å². The van der Waals surface area contributed by atoms with Gasteiger partial charge in [0.05, 0.1) is 23.8 Å². The summed E-state index contributed by atoms with van der Waals surface area (Å²) in [6, 6.07) is -0.503. The summed E-state index contributed by atoms with van der Waals surface area (Å²) in [5, 5.41) is 24.9. The van der Waals surface area contributed by atoms with Gasteiger partial charge in [-0.3, -0.25) is 9.59 Å². The second kappa shape index (κ2) is 15.2. The van der Waals surface area contributed by atoms with Gasteiger partial charge in [-0.25, -0.2) is 4.98 Å². The number of aliphatic hydroxyl groups excluding tert-OH is 2. The number of hydrogen-bond donors (Lipinski definition) is 4. The van der Waals surface area contributed by atoms with Gasteiger partial charge in [0, 0.05) is 24.8 Å². The molecule has 38 heavy (non-hydrogen) atoms. The van der Waals surface area contributed by atoms with E-state index in [1.165, 1.54) is 24.2 Å². The summed E-state index contributed by atoms with van der Waals surface area (Å²) in [6.45, 7) is 4.59. The highest BCUT2D eigenvalue weighted by atomic mass is 32.1. The fourth-order valence-corrected chi connectivity index (χ4v) is 7.10. The Balaban J connectivity index is 1.94. The van der Waals surface area contributed by atoms with Crippen molar-refractivity contribution < 1.29 is 19.8 Å². The van der Waals surface area contributed by atoms with Crippen LogP contribution in [0, 0.1) is 23.7 Å². The van der Waals surface area contributed by atoms with Crippen molar-refractivity contribution in [3.05, 3.63) is 11.1 Å². The van der Waals surface area contributed by atoms with Crippen molar-refractivity contribution in [2.45, 2.75) is 122 Å². The van der Waals surface area contributed by atoms with E-state index in [4.69, 9.17) is 11.5 Å². The number of primary amides is 1. The van der Waals surface area contributed by atoms with E-state index < -0.39 is 30.1 Å². The molecule has 0 aromatic carbocycles. The highest BCUT2D eigenvalue weighted by molar-refractivity contribution is 7.13. The van der Waals surface area contributed by atoms with Gasteiger partial charge in [0.15, 0.2) is 5.13 Å². The zero-order chi connectivity index (χ0) is 27.7. The molecule has 0 aliphatic heterocycles. The summed E-state index contributed by atoms with van der Waals surface area (Å²) in [5.74, 6) is -0.411. The monoisotopic (exact) mass is 550 g/mol. The number of aromatic nitrogens is 1. The lowest BCUT2D eigenvalue weighted by Crippen LogP contribution is -2.55. The van der Waals surface area contributed by atoms with E-state index in [2.05, 4.69) is 4.98 Å². The average Bonchev–Trinajstić information content (AvgIpc) is 3.29. The third-order valence-corrected chi connectivity index (χ3v) is 9.21. The first-order valence-corrected chi connectivity index (χ1v) is 15.7.